The van der Waals surface area contributed by atoms with E-state index in [1.807, 2.05) is 11.8 Å². The molecule has 0 aromatic carbocycles. The van der Waals surface area contributed by atoms with E-state index in [0.717, 1.165) is 32.1 Å². The Balaban J connectivity index is 1.75. The first-order valence-corrected chi connectivity index (χ1v) is 14.4. The normalized spacial score (nSPS) is 34.4. The molecular weight excluding hydrogens is 476 g/mol. The number of carbonyl (C=O) groups excluding carboxylic acids is 3. The van der Waals surface area contributed by atoms with Gasteiger partial charge in [-0.1, -0.05) is 38.3 Å². The first kappa shape index (κ1) is 27.2. The van der Waals surface area contributed by atoms with E-state index in [1.165, 1.54) is 6.42 Å². The van der Waals surface area contributed by atoms with E-state index < -0.39 is 33.4 Å². The van der Waals surface area contributed by atoms with Crippen LogP contribution in [0.5, 0.6) is 0 Å². The van der Waals surface area contributed by atoms with Gasteiger partial charge in [-0.2, -0.15) is 0 Å². The predicted octanol–water partition coefficient (Wildman–Crippen LogP) is 3.71. The molecule has 8 heteroatoms. The lowest BCUT2D eigenvalue weighted by molar-refractivity contribution is -0.156. The average molecular weight is 519 g/mol. The van der Waals surface area contributed by atoms with Crippen molar-refractivity contribution < 1.29 is 24.2 Å². The van der Waals surface area contributed by atoms with E-state index >= 15 is 0 Å². The third-order valence-electron chi connectivity index (χ3n) is 8.97. The van der Waals surface area contributed by atoms with Crippen LogP contribution >= 0.6 is 11.8 Å². The second kappa shape index (κ2) is 10.9. The minimum Gasteiger partial charge on any atom is -0.465 e. The van der Waals surface area contributed by atoms with Crippen LogP contribution in [-0.4, -0.2) is 80.1 Å². The highest BCUT2D eigenvalue weighted by molar-refractivity contribution is 8.02. The van der Waals surface area contributed by atoms with Crippen molar-refractivity contribution in [1.29, 1.82) is 0 Å². The number of amides is 2. The van der Waals surface area contributed by atoms with Crippen LogP contribution in [0, 0.1) is 11.8 Å². The molecule has 0 radical (unpaired) electrons. The molecule has 0 aromatic rings. The van der Waals surface area contributed by atoms with Gasteiger partial charge < -0.3 is 19.6 Å². The van der Waals surface area contributed by atoms with Crippen molar-refractivity contribution in [2.24, 2.45) is 11.8 Å². The van der Waals surface area contributed by atoms with Crippen LogP contribution in [0.1, 0.15) is 71.6 Å². The summed E-state index contributed by atoms with van der Waals surface area (Å²) in [5, 5.41) is 10.3. The molecule has 4 fully saturated rings. The molecule has 4 aliphatic rings. The smallest absolute Gasteiger partial charge is 0.311 e. The van der Waals surface area contributed by atoms with Gasteiger partial charge in [0, 0.05) is 17.3 Å². The lowest BCUT2D eigenvalue weighted by Crippen LogP contribution is -2.59. The van der Waals surface area contributed by atoms with Crippen LogP contribution in [0.3, 0.4) is 0 Å². The van der Waals surface area contributed by atoms with Crippen molar-refractivity contribution in [3.63, 3.8) is 0 Å². The van der Waals surface area contributed by atoms with E-state index in [0.29, 0.717) is 25.8 Å². The number of fused-ring (bicyclic) bond motifs is 1. The van der Waals surface area contributed by atoms with Gasteiger partial charge in [-0.05, 0) is 45.4 Å². The Kier molecular flexibility index (Phi) is 8.25. The Labute approximate surface area is 219 Å². The fourth-order valence-corrected chi connectivity index (χ4v) is 9.57. The molecular formula is C28H42N2O5S. The summed E-state index contributed by atoms with van der Waals surface area (Å²) in [5.41, 5.74) is 0. The van der Waals surface area contributed by atoms with Crippen molar-refractivity contribution in [3.8, 4) is 0 Å². The number of esters is 1. The van der Waals surface area contributed by atoms with Crippen molar-refractivity contribution in [3.05, 3.63) is 25.3 Å². The van der Waals surface area contributed by atoms with Crippen molar-refractivity contribution in [2.75, 3.05) is 19.8 Å². The molecule has 1 saturated carbocycles. The Hall–Kier alpha value is -1.80. The Morgan fingerprint density at radius 1 is 1.25 bits per heavy atom. The quantitative estimate of drug-likeness (QED) is 0.255. The minimum atomic E-state index is -0.702. The number of aliphatic hydroxyl groups is 1. The maximum Gasteiger partial charge on any atom is 0.311 e. The van der Waals surface area contributed by atoms with Crippen molar-refractivity contribution in [2.45, 2.75) is 99.3 Å². The fraction of sp³-hybridized carbons (Fsp3) is 0.750. The number of thioether (sulfide) groups is 1. The highest BCUT2D eigenvalue weighted by atomic mass is 32.2. The molecule has 0 aromatic heterocycles. The first-order valence-electron chi connectivity index (χ1n) is 13.6. The van der Waals surface area contributed by atoms with Crippen LogP contribution in [0.25, 0.3) is 0 Å². The summed E-state index contributed by atoms with van der Waals surface area (Å²) in [4.78, 5) is 45.7. The van der Waals surface area contributed by atoms with Gasteiger partial charge in [-0.15, -0.1) is 24.9 Å². The zero-order valence-electron chi connectivity index (χ0n) is 21.8. The number of aliphatic hydroxyl groups excluding tert-OH is 1. The summed E-state index contributed by atoms with van der Waals surface area (Å²) in [6.45, 7) is 12.0. The molecule has 2 bridgehead atoms. The van der Waals surface area contributed by atoms with E-state index in [-0.39, 0.29) is 37.0 Å². The highest BCUT2D eigenvalue weighted by Crippen LogP contribution is 2.71. The van der Waals surface area contributed by atoms with Crippen LogP contribution in [-0.2, 0) is 19.1 Å². The number of likely N-dealkylation sites (tertiary alicyclic amines) is 1. The van der Waals surface area contributed by atoms with Crippen LogP contribution in [0.2, 0.25) is 0 Å². The fourth-order valence-electron chi connectivity index (χ4n) is 7.25. The lowest BCUT2D eigenvalue weighted by Gasteiger charge is -2.42. The number of hydrogen-bond acceptors (Lipinski definition) is 6. The second-order valence-electron chi connectivity index (χ2n) is 11.0. The Morgan fingerprint density at radius 3 is 2.58 bits per heavy atom. The molecule has 7 nitrogen and oxygen atoms in total. The van der Waals surface area contributed by atoms with Crippen LogP contribution in [0.4, 0.5) is 0 Å². The van der Waals surface area contributed by atoms with Crippen LogP contribution < -0.4 is 0 Å². The summed E-state index contributed by atoms with van der Waals surface area (Å²) < 4.78 is 4.46. The van der Waals surface area contributed by atoms with Gasteiger partial charge in [0.15, 0.2) is 0 Å². The summed E-state index contributed by atoms with van der Waals surface area (Å²) in [6.07, 6.45) is 11.3. The molecule has 1 spiro atoms. The average Bonchev–Trinajstić information content (AvgIpc) is 3.45. The van der Waals surface area contributed by atoms with Gasteiger partial charge in [0.25, 0.3) is 0 Å². The number of rotatable bonds is 11. The van der Waals surface area contributed by atoms with E-state index in [9.17, 15) is 19.5 Å². The zero-order chi connectivity index (χ0) is 26.1. The Bertz CT molecular complexity index is 885. The largest absolute Gasteiger partial charge is 0.465 e. The van der Waals surface area contributed by atoms with Crippen molar-refractivity contribution >= 4 is 29.5 Å². The lowest BCUT2D eigenvalue weighted by atomic mass is 9.66. The number of ether oxygens (including phenoxy) is 1. The number of carbonyl (C=O) groups is 3. The molecule has 3 heterocycles. The number of nitrogens with zero attached hydrogens (tertiary/aromatic N) is 2. The monoisotopic (exact) mass is 518 g/mol. The SMILES string of the molecule is C=CCCOC(=O)[C@H]1[C@H]2C(=O)N([C@@H](CC)CO)C(C(=O)N(CC=C)C3CCCCC3)C23CC[C@]1(C)S3. The molecule has 3 aliphatic heterocycles. The highest BCUT2D eigenvalue weighted by Gasteiger charge is 2.78. The third kappa shape index (κ3) is 4.32. The molecule has 2 unspecified atom stereocenters. The van der Waals surface area contributed by atoms with E-state index in [2.05, 4.69) is 20.1 Å². The maximum atomic E-state index is 14.5. The predicted molar refractivity (Wildman–Crippen MR) is 141 cm³/mol. The number of hydrogen-bond donors (Lipinski definition) is 1. The topological polar surface area (TPSA) is 87.1 Å². The molecule has 3 saturated heterocycles. The van der Waals surface area contributed by atoms with Gasteiger partial charge in [-0.3, -0.25) is 14.4 Å². The molecule has 200 valence electrons. The summed E-state index contributed by atoms with van der Waals surface area (Å²) in [7, 11) is 0. The van der Waals surface area contributed by atoms with Gasteiger partial charge in [0.1, 0.15) is 6.04 Å². The standard InChI is InChI=1S/C28H42N2O5S/c1-5-8-17-35-26(34)22-21-24(32)30(19(7-3)18-31)23(28(21)15-14-27(22,4)36-28)25(33)29(16-6-2)20-12-10-9-11-13-20/h5-6,19-23,31H,1-2,7-18H2,3-4H3/t19-,21-,22+,23?,27-,28?/m0/s1. The molecule has 36 heavy (non-hydrogen) atoms. The van der Waals surface area contributed by atoms with Gasteiger partial charge in [0.05, 0.1) is 35.8 Å². The minimum absolute atomic E-state index is 0.0537. The molecule has 4 rings (SSSR count). The summed E-state index contributed by atoms with van der Waals surface area (Å²) in [6, 6.07) is -1.04. The first-order chi connectivity index (χ1) is 17.3. The maximum absolute atomic E-state index is 14.5. The third-order valence-corrected chi connectivity index (χ3v) is 11.0. The molecule has 1 N–H and O–H groups in total. The molecule has 1 aliphatic carbocycles. The summed E-state index contributed by atoms with van der Waals surface area (Å²) >= 11 is 1.65. The second-order valence-corrected chi connectivity index (χ2v) is 12.9. The van der Waals surface area contributed by atoms with Crippen molar-refractivity contribution in [1.82, 2.24) is 9.80 Å². The molecule has 6 atom stereocenters. The van der Waals surface area contributed by atoms with Gasteiger partial charge in [0.2, 0.25) is 11.8 Å². The van der Waals surface area contributed by atoms with Gasteiger partial charge >= 0.3 is 5.97 Å². The zero-order valence-corrected chi connectivity index (χ0v) is 22.6. The van der Waals surface area contributed by atoms with Gasteiger partial charge in [-0.25, -0.2) is 0 Å². The van der Waals surface area contributed by atoms with Crippen LogP contribution in [0.15, 0.2) is 25.3 Å². The molecule has 2 amide bonds. The Morgan fingerprint density at radius 2 is 1.97 bits per heavy atom. The van der Waals surface area contributed by atoms with E-state index in [4.69, 9.17) is 4.74 Å². The summed E-state index contributed by atoms with van der Waals surface area (Å²) in [5.74, 6) is -1.82. The van der Waals surface area contributed by atoms with E-state index in [1.54, 1.807) is 28.8 Å².